The maximum absolute atomic E-state index is 11.0. The number of hydrogen-bond acceptors (Lipinski definition) is 4. The molecule has 1 aromatic carbocycles. The minimum atomic E-state index is -0.323. The predicted molar refractivity (Wildman–Crippen MR) is 96.6 cm³/mol. The summed E-state index contributed by atoms with van der Waals surface area (Å²) < 4.78 is 5.50. The first kappa shape index (κ1) is 15.4. The Morgan fingerprint density at radius 3 is 2.76 bits per heavy atom. The second-order valence-electron chi connectivity index (χ2n) is 6.28. The summed E-state index contributed by atoms with van der Waals surface area (Å²) in [5, 5.41) is 3.49. The number of nitrogens with zero attached hydrogens (tertiary/aromatic N) is 1. The lowest BCUT2D eigenvalue weighted by atomic mass is 10.1. The van der Waals surface area contributed by atoms with Crippen LogP contribution < -0.4 is 11.1 Å². The van der Waals surface area contributed by atoms with Gasteiger partial charge in [0.25, 0.3) is 0 Å². The van der Waals surface area contributed by atoms with Crippen molar-refractivity contribution in [3.05, 3.63) is 65.5 Å². The van der Waals surface area contributed by atoms with Crippen LogP contribution in [0, 0.1) is 0 Å². The van der Waals surface area contributed by atoms with Crippen LogP contribution >= 0.6 is 0 Å². The average Bonchev–Trinajstić information content (AvgIpc) is 3.27. The Hall–Kier alpha value is -3.08. The molecule has 5 nitrogen and oxygen atoms in total. The molecule has 3 N–H and O–H groups in total. The van der Waals surface area contributed by atoms with Crippen molar-refractivity contribution in [1.29, 1.82) is 0 Å². The number of benzene rings is 1. The van der Waals surface area contributed by atoms with Crippen molar-refractivity contribution in [1.82, 2.24) is 4.98 Å². The molecule has 0 unspecified atom stereocenters. The van der Waals surface area contributed by atoms with Crippen LogP contribution in [-0.2, 0) is 24.1 Å². The van der Waals surface area contributed by atoms with Crippen molar-refractivity contribution < 1.29 is 9.21 Å². The van der Waals surface area contributed by atoms with Gasteiger partial charge in [0.15, 0.2) is 5.76 Å². The van der Waals surface area contributed by atoms with Gasteiger partial charge in [0.05, 0.1) is 12.7 Å². The van der Waals surface area contributed by atoms with Crippen LogP contribution in [0.15, 0.2) is 53.1 Å². The van der Waals surface area contributed by atoms with E-state index >= 15 is 0 Å². The number of carbonyl (C=O) groups excluding carboxylic acids is 1. The number of nitrogens with two attached hydrogens (primary N) is 1. The maximum Gasteiger partial charge on any atom is 0.221 e. The van der Waals surface area contributed by atoms with Gasteiger partial charge in [-0.3, -0.25) is 4.79 Å². The lowest BCUT2D eigenvalue weighted by Crippen LogP contribution is -2.13. The summed E-state index contributed by atoms with van der Waals surface area (Å²) in [5.74, 6) is 0.449. The minimum absolute atomic E-state index is 0.258. The summed E-state index contributed by atoms with van der Waals surface area (Å²) in [6.07, 6.45) is 5.07. The Labute approximate surface area is 145 Å². The zero-order chi connectivity index (χ0) is 17.2. The van der Waals surface area contributed by atoms with Crippen molar-refractivity contribution in [2.45, 2.75) is 25.7 Å². The Morgan fingerprint density at radius 2 is 2.04 bits per heavy atom. The number of nitrogens with one attached hydrogen (secondary N) is 1. The number of anilines is 2. The molecule has 3 aromatic rings. The molecule has 0 bridgehead atoms. The Morgan fingerprint density at radius 1 is 1.20 bits per heavy atom. The Balaban J connectivity index is 1.64. The zero-order valence-corrected chi connectivity index (χ0v) is 13.8. The molecule has 0 aliphatic heterocycles. The number of aryl methyl sites for hydroxylation is 1. The summed E-state index contributed by atoms with van der Waals surface area (Å²) in [4.78, 5) is 15.8. The molecular formula is C20H19N3O2. The fraction of sp³-hybridized carbons (Fsp3) is 0.200. The number of carbonyl (C=O) groups is 1. The van der Waals surface area contributed by atoms with Gasteiger partial charge in [-0.05, 0) is 60.7 Å². The van der Waals surface area contributed by atoms with Gasteiger partial charge in [-0.2, -0.15) is 0 Å². The molecule has 0 radical (unpaired) electrons. The maximum atomic E-state index is 11.0. The molecule has 0 saturated carbocycles. The molecule has 1 aliphatic carbocycles. The van der Waals surface area contributed by atoms with E-state index < -0.39 is 0 Å². The van der Waals surface area contributed by atoms with E-state index in [1.54, 1.807) is 6.26 Å². The molecule has 5 heteroatoms. The van der Waals surface area contributed by atoms with E-state index in [2.05, 4.69) is 5.32 Å². The molecule has 1 amide bonds. The van der Waals surface area contributed by atoms with Crippen LogP contribution in [0.25, 0.3) is 11.5 Å². The third-order valence-electron chi connectivity index (χ3n) is 4.44. The van der Waals surface area contributed by atoms with Crippen LogP contribution in [0.2, 0.25) is 0 Å². The normalized spacial score (nSPS) is 12.8. The molecule has 2 aromatic heterocycles. The average molecular weight is 333 g/mol. The van der Waals surface area contributed by atoms with Gasteiger partial charge >= 0.3 is 0 Å². The lowest BCUT2D eigenvalue weighted by Gasteiger charge is -2.13. The first-order chi connectivity index (χ1) is 12.2. The van der Waals surface area contributed by atoms with Crippen molar-refractivity contribution in [3.8, 4) is 11.5 Å². The van der Waals surface area contributed by atoms with Crippen LogP contribution in [0.5, 0.6) is 0 Å². The second-order valence-corrected chi connectivity index (χ2v) is 6.28. The van der Waals surface area contributed by atoms with Crippen LogP contribution in [0.4, 0.5) is 11.4 Å². The van der Waals surface area contributed by atoms with E-state index in [1.165, 1.54) is 5.56 Å². The third kappa shape index (κ3) is 3.26. The van der Waals surface area contributed by atoms with E-state index in [4.69, 9.17) is 15.1 Å². The van der Waals surface area contributed by atoms with Crippen LogP contribution in [-0.4, -0.2) is 10.9 Å². The first-order valence-corrected chi connectivity index (χ1v) is 8.40. The highest BCUT2D eigenvalue weighted by molar-refractivity contribution is 5.77. The summed E-state index contributed by atoms with van der Waals surface area (Å²) in [6, 6.07) is 13.6. The fourth-order valence-corrected chi connectivity index (χ4v) is 3.27. The predicted octanol–water partition coefficient (Wildman–Crippen LogP) is 3.60. The summed E-state index contributed by atoms with van der Waals surface area (Å²) in [5.41, 5.74) is 11.4. The van der Waals surface area contributed by atoms with Gasteiger partial charge in [0, 0.05) is 17.1 Å². The van der Waals surface area contributed by atoms with Gasteiger partial charge in [-0.25, -0.2) is 4.98 Å². The summed E-state index contributed by atoms with van der Waals surface area (Å²) >= 11 is 0. The van der Waals surface area contributed by atoms with E-state index in [-0.39, 0.29) is 12.3 Å². The standard InChI is InChI=1S/C20H19N3O2/c21-20(24)11-13-6-8-14(9-7-13)22-17-12-18(19-5-2-10-25-19)23-16-4-1-3-15(16)17/h2,5-10,12H,1,3-4,11H2,(H2,21,24)(H,22,23). The summed E-state index contributed by atoms with van der Waals surface area (Å²) in [6.45, 7) is 0. The van der Waals surface area contributed by atoms with Crippen molar-refractivity contribution >= 4 is 17.3 Å². The van der Waals surface area contributed by atoms with Crippen LogP contribution in [0.3, 0.4) is 0 Å². The lowest BCUT2D eigenvalue weighted by molar-refractivity contribution is -0.117. The summed E-state index contributed by atoms with van der Waals surface area (Å²) in [7, 11) is 0. The Kier molecular flexibility index (Phi) is 3.98. The van der Waals surface area contributed by atoms with Gasteiger partial charge in [0.2, 0.25) is 5.91 Å². The van der Waals surface area contributed by atoms with Crippen LogP contribution in [0.1, 0.15) is 23.2 Å². The molecule has 4 rings (SSSR count). The minimum Gasteiger partial charge on any atom is -0.463 e. The molecule has 0 saturated heterocycles. The highest BCUT2D eigenvalue weighted by atomic mass is 16.3. The third-order valence-corrected chi connectivity index (χ3v) is 4.44. The number of pyridine rings is 1. The topological polar surface area (TPSA) is 81.2 Å². The number of primary amides is 1. The molecular weight excluding hydrogens is 314 g/mol. The molecule has 0 atom stereocenters. The zero-order valence-electron chi connectivity index (χ0n) is 13.8. The molecule has 25 heavy (non-hydrogen) atoms. The number of hydrogen-bond donors (Lipinski definition) is 2. The first-order valence-electron chi connectivity index (χ1n) is 8.40. The largest absolute Gasteiger partial charge is 0.463 e. The molecule has 1 aliphatic rings. The van der Waals surface area contributed by atoms with Gasteiger partial charge < -0.3 is 15.5 Å². The monoisotopic (exact) mass is 333 g/mol. The number of fused-ring (bicyclic) bond motifs is 1. The van der Waals surface area contributed by atoms with E-state index in [1.807, 2.05) is 42.5 Å². The van der Waals surface area contributed by atoms with Crippen molar-refractivity contribution in [2.24, 2.45) is 5.73 Å². The van der Waals surface area contributed by atoms with Gasteiger partial charge in [-0.1, -0.05) is 12.1 Å². The molecule has 126 valence electrons. The van der Waals surface area contributed by atoms with E-state index in [0.29, 0.717) is 0 Å². The fourth-order valence-electron chi connectivity index (χ4n) is 3.27. The number of amides is 1. The number of furan rings is 1. The number of aromatic nitrogens is 1. The SMILES string of the molecule is NC(=O)Cc1ccc(Nc2cc(-c3ccco3)nc3c2CCC3)cc1. The second kappa shape index (κ2) is 6.43. The Bertz CT molecular complexity index is 899. The van der Waals surface area contributed by atoms with E-state index in [9.17, 15) is 4.79 Å². The highest BCUT2D eigenvalue weighted by Crippen LogP contribution is 2.33. The number of rotatable bonds is 5. The van der Waals surface area contributed by atoms with Gasteiger partial charge in [-0.15, -0.1) is 0 Å². The molecule has 0 fully saturated rings. The quantitative estimate of drug-likeness (QED) is 0.747. The van der Waals surface area contributed by atoms with Gasteiger partial charge in [0.1, 0.15) is 5.69 Å². The smallest absolute Gasteiger partial charge is 0.221 e. The molecule has 2 heterocycles. The highest BCUT2D eigenvalue weighted by Gasteiger charge is 2.19. The van der Waals surface area contributed by atoms with E-state index in [0.717, 1.165) is 53.3 Å². The molecule has 0 spiro atoms. The van der Waals surface area contributed by atoms with Crippen molar-refractivity contribution in [3.63, 3.8) is 0 Å². The van der Waals surface area contributed by atoms with Crippen molar-refractivity contribution in [2.75, 3.05) is 5.32 Å².